The number of fused-ring (bicyclic) bond motifs is 1. The lowest BCUT2D eigenvalue weighted by Crippen LogP contribution is -2.45. The number of para-hydroxylation sites is 1. The molecular formula is C28H31N3O3. The second kappa shape index (κ2) is 10.4. The van der Waals surface area contributed by atoms with E-state index in [4.69, 9.17) is 4.74 Å². The van der Waals surface area contributed by atoms with Crippen LogP contribution in [0.15, 0.2) is 79.0 Å². The molecule has 2 aliphatic heterocycles. The summed E-state index contributed by atoms with van der Waals surface area (Å²) < 4.78 is 6.38. The number of rotatable bonds is 5. The highest BCUT2D eigenvalue weighted by molar-refractivity contribution is 5.78. The number of amides is 1. The van der Waals surface area contributed by atoms with Gasteiger partial charge in [-0.25, -0.2) is 0 Å². The Morgan fingerprint density at radius 1 is 1.00 bits per heavy atom. The minimum Gasteiger partial charge on any atom is -0.484 e. The van der Waals surface area contributed by atoms with Crippen molar-refractivity contribution in [1.29, 1.82) is 0 Å². The number of nitrogens with zero attached hydrogens (tertiary/aromatic N) is 3. The summed E-state index contributed by atoms with van der Waals surface area (Å²) in [6, 6.07) is 23.9. The van der Waals surface area contributed by atoms with E-state index in [9.17, 15) is 9.90 Å². The molecule has 1 fully saturated rings. The standard InChI is InChI=1S/C28H31N3O3/c32-27(31-16-13-22(14-17-31)28(33)24-11-6-7-15-29-24)20-30-18-23-10-4-5-12-25(23)34-26(19-30)21-8-2-1-3-9-21/h1-12,15,22,26,28,33H,13-14,16-20H2/t26-,28+/m0/s1. The van der Waals surface area contributed by atoms with E-state index >= 15 is 0 Å². The third-order valence-electron chi connectivity index (χ3n) is 6.92. The first-order chi connectivity index (χ1) is 16.7. The first kappa shape index (κ1) is 22.6. The van der Waals surface area contributed by atoms with Crippen molar-refractivity contribution in [2.75, 3.05) is 26.2 Å². The number of carbonyl (C=O) groups is 1. The van der Waals surface area contributed by atoms with Crippen LogP contribution in [0.25, 0.3) is 0 Å². The average molecular weight is 458 g/mol. The van der Waals surface area contributed by atoms with Gasteiger partial charge in [-0.05, 0) is 42.5 Å². The van der Waals surface area contributed by atoms with Gasteiger partial charge in [-0.15, -0.1) is 0 Å². The van der Waals surface area contributed by atoms with Gasteiger partial charge in [0.1, 0.15) is 11.9 Å². The van der Waals surface area contributed by atoms with Crippen molar-refractivity contribution in [3.8, 4) is 5.75 Å². The summed E-state index contributed by atoms with van der Waals surface area (Å²) in [4.78, 5) is 21.7. The summed E-state index contributed by atoms with van der Waals surface area (Å²) in [7, 11) is 0. The van der Waals surface area contributed by atoms with E-state index < -0.39 is 6.10 Å². The van der Waals surface area contributed by atoms with Crippen molar-refractivity contribution in [1.82, 2.24) is 14.8 Å². The van der Waals surface area contributed by atoms with Crippen LogP contribution in [0.3, 0.4) is 0 Å². The zero-order valence-corrected chi connectivity index (χ0v) is 19.3. The number of hydrogen-bond donors (Lipinski definition) is 1. The molecule has 0 unspecified atom stereocenters. The Labute approximate surface area is 200 Å². The first-order valence-corrected chi connectivity index (χ1v) is 12.1. The zero-order valence-electron chi connectivity index (χ0n) is 19.3. The molecule has 2 atom stereocenters. The number of aromatic nitrogens is 1. The van der Waals surface area contributed by atoms with E-state index in [0.717, 1.165) is 29.7 Å². The first-order valence-electron chi connectivity index (χ1n) is 12.1. The fourth-order valence-corrected chi connectivity index (χ4v) is 4.99. The van der Waals surface area contributed by atoms with Crippen LogP contribution in [0.1, 0.15) is 41.9 Å². The van der Waals surface area contributed by atoms with Crippen molar-refractivity contribution in [2.24, 2.45) is 5.92 Å². The minimum absolute atomic E-state index is 0.125. The van der Waals surface area contributed by atoms with Gasteiger partial charge in [0.2, 0.25) is 5.91 Å². The summed E-state index contributed by atoms with van der Waals surface area (Å²) in [6.07, 6.45) is 2.56. The summed E-state index contributed by atoms with van der Waals surface area (Å²) in [5.74, 6) is 1.15. The maximum atomic E-state index is 13.2. The topological polar surface area (TPSA) is 65.9 Å². The Morgan fingerprint density at radius 3 is 2.50 bits per heavy atom. The molecule has 34 heavy (non-hydrogen) atoms. The lowest BCUT2D eigenvalue weighted by molar-refractivity contribution is -0.134. The Bertz CT molecular complexity index is 1080. The maximum Gasteiger partial charge on any atom is 0.236 e. The molecule has 5 rings (SSSR count). The van der Waals surface area contributed by atoms with Crippen LogP contribution in [0, 0.1) is 5.92 Å². The number of hydrogen-bond acceptors (Lipinski definition) is 5. The summed E-state index contributed by atoms with van der Waals surface area (Å²) in [5, 5.41) is 10.7. The van der Waals surface area contributed by atoms with Crippen LogP contribution in [0.4, 0.5) is 0 Å². The van der Waals surface area contributed by atoms with Crippen molar-refractivity contribution in [2.45, 2.75) is 31.6 Å². The van der Waals surface area contributed by atoms with E-state index in [1.54, 1.807) is 6.20 Å². The zero-order chi connectivity index (χ0) is 23.3. The van der Waals surface area contributed by atoms with E-state index in [1.807, 2.05) is 59.5 Å². The molecule has 1 aromatic heterocycles. The number of pyridine rings is 1. The fraction of sp³-hybridized carbons (Fsp3) is 0.357. The number of likely N-dealkylation sites (tertiary alicyclic amines) is 1. The summed E-state index contributed by atoms with van der Waals surface area (Å²) in [5.41, 5.74) is 2.93. The SMILES string of the molecule is O=C(CN1Cc2ccccc2O[C@H](c2ccccc2)C1)N1CCC([C@@H](O)c2ccccn2)CC1. The molecule has 2 aliphatic rings. The van der Waals surface area contributed by atoms with Gasteiger partial charge >= 0.3 is 0 Å². The van der Waals surface area contributed by atoms with Crippen LogP contribution in [0.2, 0.25) is 0 Å². The summed E-state index contributed by atoms with van der Waals surface area (Å²) in [6.45, 7) is 3.01. The third kappa shape index (κ3) is 5.13. The van der Waals surface area contributed by atoms with E-state index in [1.165, 1.54) is 0 Å². The monoisotopic (exact) mass is 457 g/mol. The predicted octanol–water partition coefficient (Wildman–Crippen LogP) is 3.99. The van der Waals surface area contributed by atoms with Gasteiger partial charge in [0.15, 0.2) is 0 Å². The number of aliphatic hydroxyl groups excluding tert-OH is 1. The molecule has 3 aromatic rings. The van der Waals surface area contributed by atoms with Gasteiger partial charge in [0.05, 0.1) is 18.3 Å². The molecule has 0 radical (unpaired) electrons. The Hall–Kier alpha value is -3.22. The Kier molecular flexibility index (Phi) is 6.88. The Morgan fingerprint density at radius 2 is 1.74 bits per heavy atom. The van der Waals surface area contributed by atoms with Gasteiger partial charge in [-0.2, -0.15) is 0 Å². The molecule has 1 amide bonds. The lowest BCUT2D eigenvalue weighted by Gasteiger charge is -2.35. The van der Waals surface area contributed by atoms with E-state index in [0.29, 0.717) is 38.4 Å². The fourth-order valence-electron chi connectivity index (χ4n) is 4.99. The molecule has 0 aliphatic carbocycles. The molecule has 3 heterocycles. The highest BCUT2D eigenvalue weighted by Crippen LogP contribution is 2.32. The molecule has 1 saturated heterocycles. The van der Waals surface area contributed by atoms with Gasteiger partial charge in [0.25, 0.3) is 0 Å². The number of piperidine rings is 1. The van der Waals surface area contributed by atoms with Crippen molar-refractivity contribution >= 4 is 5.91 Å². The molecule has 1 N–H and O–H groups in total. The maximum absolute atomic E-state index is 13.2. The summed E-state index contributed by atoms with van der Waals surface area (Å²) >= 11 is 0. The van der Waals surface area contributed by atoms with Gasteiger partial charge < -0.3 is 14.7 Å². The van der Waals surface area contributed by atoms with Gasteiger partial charge in [-0.1, -0.05) is 54.6 Å². The van der Waals surface area contributed by atoms with E-state index in [2.05, 4.69) is 28.1 Å². The molecular weight excluding hydrogens is 426 g/mol. The third-order valence-corrected chi connectivity index (χ3v) is 6.92. The van der Waals surface area contributed by atoms with E-state index in [-0.39, 0.29) is 17.9 Å². The lowest BCUT2D eigenvalue weighted by atomic mass is 9.89. The number of carbonyl (C=O) groups excluding carboxylic acids is 1. The van der Waals surface area contributed by atoms with Crippen LogP contribution >= 0.6 is 0 Å². The van der Waals surface area contributed by atoms with Crippen LogP contribution in [-0.4, -0.2) is 52.0 Å². The molecule has 0 spiro atoms. The number of aliphatic hydroxyl groups is 1. The smallest absolute Gasteiger partial charge is 0.236 e. The van der Waals surface area contributed by atoms with Crippen LogP contribution < -0.4 is 4.74 Å². The molecule has 6 heteroatoms. The van der Waals surface area contributed by atoms with Gasteiger partial charge in [0, 0.05) is 37.9 Å². The number of benzene rings is 2. The minimum atomic E-state index is -0.579. The second-order valence-corrected chi connectivity index (χ2v) is 9.21. The molecule has 0 bridgehead atoms. The highest BCUT2D eigenvalue weighted by Gasteiger charge is 2.31. The predicted molar refractivity (Wildman–Crippen MR) is 130 cm³/mol. The van der Waals surface area contributed by atoms with Crippen molar-refractivity contribution in [3.05, 3.63) is 95.8 Å². The average Bonchev–Trinajstić information content (AvgIpc) is 3.08. The van der Waals surface area contributed by atoms with Gasteiger partial charge in [-0.3, -0.25) is 14.7 Å². The second-order valence-electron chi connectivity index (χ2n) is 9.21. The van der Waals surface area contributed by atoms with Crippen LogP contribution in [-0.2, 0) is 11.3 Å². The molecule has 0 saturated carbocycles. The number of ether oxygens (including phenoxy) is 1. The highest BCUT2D eigenvalue weighted by atomic mass is 16.5. The molecule has 6 nitrogen and oxygen atoms in total. The van der Waals surface area contributed by atoms with Crippen LogP contribution in [0.5, 0.6) is 5.75 Å². The molecule has 2 aromatic carbocycles. The normalized spacial score (nSPS) is 20.1. The van der Waals surface area contributed by atoms with Crippen molar-refractivity contribution in [3.63, 3.8) is 0 Å². The largest absolute Gasteiger partial charge is 0.484 e. The Balaban J connectivity index is 1.23. The van der Waals surface area contributed by atoms with Crippen molar-refractivity contribution < 1.29 is 14.6 Å². The molecule has 176 valence electrons. The quantitative estimate of drug-likeness (QED) is 0.628.